The summed E-state index contributed by atoms with van der Waals surface area (Å²) in [6.45, 7) is 1.90. The Kier molecular flexibility index (Phi) is 2.85. The maximum Gasteiger partial charge on any atom is 0.306 e. The molecule has 0 aromatic carbocycles. The molecule has 1 heterocycles. The van der Waals surface area contributed by atoms with Crippen molar-refractivity contribution in [2.24, 2.45) is 0 Å². The quantitative estimate of drug-likeness (QED) is 0.641. The number of hydrogen-bond donors (Lipinski definition) is 0. The van der Waals surface area contributed by atoms with Crippen LogP contribution in [-0.4, -0.2) is 18.2 Å². The van der Waals surface area contributed by atoms with Gasteiger partial charge in [-0.15, -0.1) is 0 Å². The third kappa shape index (κ3) is 2.08. The molecule has 1 rings (SSSR count). The highest BCUT2D eigenvalue weighted by Crippen LogP contribution is 2.16. The van der Waals surface area contributed by atoms with Gasteiger partial charge in [0.1, 0.15) is 6.26 Å². The summed E-state index contributed by atoms with van der Waals surface area (Å²) in [7, 11) is 1.37. The molecule has 1 atom stereocenters. The van der Waals surface area contributed by atoms with E-state index >= 15 is 0 Å². The van der Waals surface area contributed by atoms with Crippen molar-refractivity contribution in [3.63, 3.8) is 0 Å². The Morgan fingerprint density at radius 1 is 1.83 bits per heavy atom. The number of methoxy groups -OCH3 is 1. The van der Waals surface area contributed by atoms with Crippen molar-refractivity contribution in [1.82, 2.24) is 5.16 Å². The van der Waals surface area contributed by atoms with E-state index in [-0.39, 0.29) is 11.9 Å². The molecular formula is C8H11NO3. The molecule has 4 heteroatoms. The zero-order valence-electron chi connectivity index (χ0n) is 7.11. The lowest BCUT2D eigenvalue weighted by Gasteiger charge is -2.04. The molecule has 0 radical (unpaired) electrons. The average molecular weight is 169 g/mol. The molecule has 12 heavy (non-hydrogen) atoms. The molecule has 4 nitrogen and oxygen atoms in total. The topological polar surface area (TPSA) is 52.3 Å². The second kappa shape index (κ2) is 3.90. The summed E-state index contributed by atoms with van der Waals surface area (Å²) >= 11 is 0. The van der Waals surface area contributed by atoms with E-state index in [9.17, 15) is 4.79 Å². The first-order valence-electron chi connectivity index (χ1n) is 3.71. The van der Waals surface area contributed by atoms with Gasteiger partial charge in [0.25, 0.3) is 0 Å². The molecular weight excluding hydrogens is 158 g/mol. The van der Waals surface area contributed by atoms with Crippen molar-refractivity contribution in [3.8, 4) is 0 Å². The first-order chi connectivity index (χ1) is 5.74. The SMILES string of the molecule is COC(=O)CC(C)c1ccon1. The monoisotopic (exact) mass is 169 g/mol. The summed E-state index contributed by atoms with van der Waals surface area (Å²) in [6, 6.07) is 1.74. The van der Waals surface area contributed by atoms with Crippen LogP contribution in [-0.2, 0) is 9.53 Å². The van der Waals surface area contributed by atoms with E-state index in [1.54, 1.807) is 6.07 Å². The molecule has 1 unspecified atom stereocenters. The molecule has 1 aromatic heterocycles. The minimum Gasteiger partial charge on any atom is -0.469 e. The van der Waals surface area contributed by atoms with Crippen molar-refractivity contribution >= 4 is 5.97 Å². The normalized spacial score (nSPS) is 12.5. The minimum atomic E-state index is -0.231. The molecule has 0 aliphatic heterocycles. The van der Waals surface area contributed by atoms with Crippen LogP contribution in [0.15, 0.2) is 16.9 Å². The van der Waals surface area contributed by atoms with Crippen LogP contribution in [0.4, 0.5) is 0 Å². The first-order valence-corrected chi connectivity index (χ1v) is 3.71. The van der Waals surface area contributed by atoms with Crippen LogP contribution in [0.5, 0.6) is 0 Å². The highest BCUT2D eigenvalue weighted by atomic mass is 16.5. The van der Waals surface area contributed by atoms with E-state index < -0.39 is 0 Å². The summed E-state index contributed by atoms with van der Waals surface area (Å²) in [6.07, 6.45) is 1.83. The van der Waals surface area contributed by atoms with Gasteiger partial charge in [0.15, 0.2) is 0 Å². The second-order valence-corrected chi connectivity index (χ2v) is 2.61. The number of hydrogen-bond acceptors (Lipinski definition) is 4. The van der Waals surface area contributed by atoms with Gasteiger partial charge in [-0.2, -0.15) is 0 Å². The van der Waals surface area contributed by atoms with E-state index in [0.29, 0.717) is 6.42 Å². The summed E-state index contributed by atoms with van der Waals surface area (Å²) < 4.78 is 9.17. The van der Waals surface area contributed by atoms with Gasteiger partial charge in [0.05, 0.1) is 19.2 Å². The Morgan fingerprint density at radius 3 is 3.08 bits per heavy atom. The second-order valence-electron chi connectivity index (χ2n) is 2.61. The third-order valence-corrected chi connectivity index (χ3v) is 1.66. The average Bonchev–Trinajstić information content (AvgIpc) is 2.56. The van der Waals surface area contributed by atoms with E-state index in [2.05, 4.69) is 14.4 Å². The van der Waals surface area contributed by atoms with Crippen LogP contribution in [0.1, 0.15) is 25.0 Å². The number of nitrogens with zero attached hydrogens (tertiary/aromatic N) is 1. The van der Waals surface area contributed by atoms with Crippen LogP contribution >= 0.6 is 0 Å². The molecule has 0 fully saturated rings. The van der Waals surface area contributed by atoms with E-state index in [1.807, 2.05) is 6.92 Å². The molecule has 0 bridgehead atoms. The maximum absolute atomic E-state index is 10.8. The van der Waals surface area contributed by atoms with Crippen LogP contribution < -0.4 is 0 Å². The highest BCUT2D eigenvalue weighted by molar-refractivity contribution is 5.70. The molecule has 1 aromatic rings. The fourth-order valence-corrected chi connectivity index (χ4v) is 0.914. The van der Waals surface area contributed by atoms with E-state index in [4.69, 9.17) is 0 Å². The van der Waals surface area contributed by atoms with Gasteiger partial charge in [-0.05, 0) is 0 Å². The lowest BCUT2D eigenvalue weighted by atomic mass is 10.1. The first kappa shape index (κ1) is 8.77. The molecule has 0 aliphatic rings. The predicted molar refractivity (Wildman–Crippen MR) is 41.6 cm³/mol. The Balaban J connectivity index is 2.49. The van der Waals surface area contributed by atoms with Crippen molar-refractivity contribution in [3.05, 3.63) is 18.0 Å². The molecule has 0 N–H and O–H groups in total. The van der Waals surface area contributed by atoms with Gasteiger partial charge < -0.3 is 9.26 Å². The summed E-state index contributed by atoms with van der Waals surface area (Å²) in [4.78, 5) is 10.8. The van der Waals surface area contributed by atoms with Gasteiger partial charge in [-0.25, -0.2) is 0 Å². The lowest BCUT2D eigenvalue weighted by Crippen LogP contribution is -2.05. The van der Waals surface area contributed by atoms with Gasteiger partial charge in [0, 0.05) is 12.0 Å². The summed E-state index contributed by atoms with van der Waals surface area (Å²) in [5.74, 6) is -0.179. The molecule has 0 amide bonds. The Morgan fingerprint density at radius 2 is 2.58 bits per heavy atom. The lowest BCUT2D eigenvalue weighted by molar-refractivity contribution is -0.141. The van der Waals surface area contributed by atoms with Crippen molar-refractivity contribution < 1.29 is 14.1 Å². The summed E-state index contributed by atoms with van der Waals surface area (Å²) in [5, 5.41) is 3.72. The smallest absolute Gasteiger partial charge is 0.306 e. The number of carbonyl (C=O) groups is 1. The molecule has 0 saturated carbocycles. The minimum absolute atomic E-state index is 0.0520. The Hall–Kier alpha value is -1.32. The molecule has 0 saturated heterocycles. The Labute approximate surface area is 70.5 Å². The maximum atomic E-state index is 10.8. The predicted octanol–water partition coefficient (Wildman–Crippen LogP) is 1.34. The van der Waals surface area contributed by atoms with E-state index in [1.165, 1.54) is 13.4 Å². The molecule has 0 aliphatic carbocycles. The Bertz CT molecular complexity index is 243. The van der Waals surface area contributed by atoms with Crippen LogP contribution in [0, 0.1) is 0 Å². The summed E-state index contributed by atoms with van der Waals surface area (Å²) in [5.41, 5.74) is 0.778. The standard InChI is InChI=1S/C8H11NO3/c1-6(5-8(10)11-2)7-3-4-12-9-7/h3-4,6H,5H2,1-2H3. The van der Waals surface area contributed by atoms with Gasteiger partial charge >= 0.3 is 5.97 Å². The van der Waals surface area contributed by atoms with Crippen LogP contribution in [0.25, 0.3) is 0 Å². The van der Waals surface area contributed by atoms with Crippen molar-refractivity contribution in [2.45, 2.75) is 19.3 Å². The molecule has 0 spiro atoms. The van der Waals surface area contributed by atoms with Gasteiger partial charge in [-0.3, -0.25) is 4.79 Å². The largest absolute Gasteiger partial charge is 0.469 e. The highest BCUT2D eigenvalue weighted by Gasteiger charge is 2.13. The fraction of sp³-hybridized carbons (Fsp3) is 0.500. The fourth-order valence-electron chi connectivity index (χ4n) is 0.914. The number of esters is 1. The van der Waals surface area contributed by atoms with E-state index in [0.717, 1.165) is 5.69 Å². The van der Waals surface area contributed by atoms with Crippen LogP contribution in [0.2, 0.25) is 0 Å². The third-order valence-electron chi connectivity index (χ3n) is 1.66. The van der Waals surface area contributed by atoms with Crippen molar-refractivity contribution in [2.75, 3.05) is 7.11 Å². The number of rotatable bonds is 3. The number of carbonyl (C=O) groups excluding carboxylic acids is 1. The van der Waals surface area contributed by atoms with Crippen LogP contribution in [0.3, 0.4) is 0 Å². The van der Waals surface area contributed by atoms with Crippen molar-refractivity contribution in [1.29, 1.82) is 0 Å². The molecule has 66 valence electrons. The zero-order chi connectivity index (χ0) is 8.97. The zero-order valence-corrected chi connectivity index (χ0v) is 7.11. The number of ether oxygens (including phenoxy) is 1. The van der Waals surface area contributed by atoms with Gasteiger partial charge in [-0.1, -0.05) is 12.1 Å². The number of aromatic nitrogens is 1. The van der Waals surface area contributed by atoms with Gasteiger partial charge in [0.2, 0.25) is 0 Å².